The molecule has 0 spiro atoms. The summed E-state index contributed by atoms with van der Waals surface area (Å²) in [6.07, 6.45) is 0. The number of hydrogen-bond acceptors (Lipinski definition) is 5. The van der Waals surface area contributed by atoms with E-state index >= 15 is 0 Å². The van der Waals surface area contributed by atoms with Crippen LogP contribution < -0.4 is 4.72 Å². The van der Waals surface area contributed by atoms with Gasteiger partial charge in [-0.15, -0.1) is 0 Å². The Kier molecular flexibility index (Phi) is 4.14. The van der Waals surface area contributed by atoms with Crippen molar-refractivity contribution in [3.8, 4) is 12.1 Å². The van der Waals surface area contributed by atoms with Crippen molar-refractivity contribution in [2.24, 2.45) is 0 Å². The van der Waals surface area contributed by atoms with Crippen molar-refractivity contribution in [1.82, 2.24) is 9.97 Å². The zero-order valence-electron chi connectivity index (χ0n) is 11.0. The van der Waals surface area contributed by atoms with Gasteiger partial charge < -0.3 is 4.98 Å². The standard InChI is InChI=1S/C11H2F5N5O2S/c12-5-6(13)8(15)10(9(16)7(5)14)24(22,23)21-11-19-3(1-17)4(2-18)20-11/h(H2,19,20,21). The lowest BCUT2D eigenvalue weighted by molar-refractivity contribution is 0.358. The van der Waals surface area contributed by atoms with E-state index in [-0.39, 0.29) is 0 Å². The molecule has 7 nitrogen and oxygen atoms in total. The first-order valence-corrected chi connectivity index (χ1v) is 7.06. The number of nitrogens with one attached hydrogen (secondary N) is 2. The van der Waals surface area contributed by atoms with Crippen LogP contribution in [0.25, 0.3) is 0 Å². The van der Waals surface area contributed by atoms with E-state index in [0.29, 0.717) is 0 Å². The molecule has 1 heterocycles. The van der Waals surface area contributed by atoms with Crippen LogP contribution in [0.3, 0.4) is 0 Å². The van der Waals surface area contributed by atoms with Crippen LogP contribution in [-0.4, -0.2) is 18.4 Å². The zero-order valence-corrected chi connectivity index (χ0v) is 11.8. The maximum absolute atomic E-state index is 13.5. The van der Waals surface area contributed by atoms with E-state index in [1.807, 2.05) is 4.98 Å². The molecule has 0 bridgehead atoms. The van der Waals surface area contributed by atoms with Crippen LogP contribution in [0, 0.1) is 51.7 Å². The molecular formula is C11H2F5N5O2S. The lowest BCUT2D eigenvalue weighted by atomic mass is 10.3. The van der Waals surface area contributed by atoms with Crippen molar-refractivity contribution >= 4 is 16.0 Å². The fourth-order valence-electron chi connectivity index (χ4n) is 1.58. The molecule has 0 saturated carbocycles. The highest BCUT2D eigenvalue weighted by atomic mass is 32.2. The van der Waals surface area contributed by atoms with Gasteiger partial charge in [0.2, 0.25) is 11.8 Å². The highest BCUT2D eigenvalue weighted by Crippen LogP contribution is 2.27. The first kappa shape index (κ1) is 17.2. The van der Waals surface area contributed by atoms with Gasteiger partial charge in [-0.2, -0.15) is 15.5 Å². The Bertz CT molecular complexity index is 974. The number of H-pyrrole nitrogens is 1. The van der Waals surface area contributed by atoms with Gasteiger partial charge in [0.05, 0.1) is 0 Å². The monoisotopic (exact) mass is 363 g/mol. The summed E-state index contributed by atoms with van der Waals surface area (Å²) in [6, 6.07) is 2.87. The average molecular weight is 363 g/mol. The number of hydrogen-bond donors (Lipinski definition) is 2. The number of nitrogens with zero attached hydrogens (tertiary/aromatic N) is 3. The quantitative estimate of drug-likeness (QED) is 0.488. The second-order valence-electron chi connectivity index (χ2n) is 4.04. The third-order valence-corrected chi connectivity index (χ3v) is 3.95. The largest absolute Gasteiger partial charge is 0.314 e. The number of aromatic amines is 1. The van der Waals surface area contributed by atoms with E-state index in [4.69, 9.17) is 10.5 Å². The van der Waals surface area contributed by atoms with Gasteiger partial charge in [-0.3, -0.25) is 0 Å². The van der Waals surface area contributed by atoms with Crippen molar-refractivity contribution in [3.63, 3.8) is 0 Å². The average Bonchev–Trinajstić information content (AvgIpc) is 2.92. The van der Waals surface area contributed by atoms with Gasteiger partial charge in [-0.1, -0.05) is 0 Å². The summed E-state index contributed by atoms with van der Waals surface area (Å²) in [6.45, 7) is 0. The van der Waals surface area contributed by atoms with Crippen molar-refractivity contribution in [2.45, 2.75) is 4.90 Å². The molecule has 0 fully saturated rings. The van der Waals surface area contributed by atoms with E-state index in [0.717, 1.165) is 0 Å². The Labute approximate surface area is 130 Å². The molecule has 24 heavy (non-hydrogen) atoms. The number of sulfonamides is 1. The second kappa shape index (κ2) is 5.78. The molecule has 0 atom stereocenters. The topological polar surface area (TPSA) is 122 Å². The lowest BCUT2D eigenvalue weighted by Gasteiger charge is -2.09. The maximum Gasteiger partial charge on any atom is 0.270 e. The minimum absolute atomic E-state index is 0.479. The smallest absolute Gasteiger partial charge is 0.270 e. The summed E-state index contributed by atoms with van der Waals surface area (Å²) in [4.78, 5) is 3.16. The molecule has 1 aromatic heterocycles. The molecular weight excluding hydrogens is 361 g/mol. The molecule has 124 valence electrons. The number of halogens is 5. The SMILES string of the molecule is N#Cc1nc(NS(=O)(=O)c2c(F)c(F)c(F)c(F)c2F)[nH]c1C#N. The van der Waals surface area contributed by atoms with Gasteiger partial charge in [-0.05, 0) is 0 Å². The molecule has 1 aromatic carbocycles. The molecule has 0 aliphatic carbocycles. The third kappa shape index (κ3) is 2.61. The van der Waals surface area contributed by atoms with Gasteiger partial charge in [0.25, 0.3) is 10.0 Å². The molecule has 13 heteroatoms. The highest BCUT2D eigenvalue weighted by Gasteiger charge is 2.34. The van der Waals surface area contributed by atoms with Crippen LogP contribution in [0.15, 0.2) is 4.90 Å². The van der Waals surface area contributed by atoms with Crippen LogP contribution in [-0.2, 0) is 10.0 Å². The first-order chi connectivity index (χ1) is 11.1. The normalized spacial score (nSPS) is 11.0. The van der Waals surface area contributed by atoms with E-state index in [9.17, 15) is 30.4 Å². The van der Waals surface area contributed by atoms with Crippen molar-refractivity contribution < 1.29 is 30.4 Å². The molecule has 0 aliphatic rings. The fraction of sp³-hybridized carbons (Fsp3) is 0. The van der Waals surface area contributed by atoms with Gasteiger partial charge >= 0.3 is 0 Å². The molecule has 2 rings (SSSR count). The Hall–Kier alpha value is -3.19. The number of benzene rings is 1. The molecule has 0 radical (unpaired) electrons. The van der Waals surface area contributed by atoms with Crippen LogP contribution in [0.4, 0.5) is 27.9 Å². The van der Waals surface area contributed by atoms with E-state index < -0.39 is 61.3 Å². The summed E-state index contributed by atoms with van der Waals surface area (Å²) >= 11 is 0. The Morgan fingerprint density at radius 3 is 1.83 bits per heavy atom. The minimum atomic E-state index is -5.32. The van der Waals surface area contributed by atoms with Gasteiger partial charge in [0, 0.05) is 0 Å². The second-order valence-corrected chi connectivity index (χ2v) is 5.66. The number of rotatable bonds is 3. The molecule has 2 aromatic rings. The molecule has 0 saturated heterocycles. The van der Waals surface area contributed by atoms with Crippen LogP contribution >= 0.6 is 0 Å². The number of aromatic nitrogens is 2. The summed E-state index contributed by atoms with van der Waals surface area (Å²) in [5.74, 6) is -13.4. The zero-order chi connectivity index (χ0) is 18.2. The van der Waals surface area contributed by atoms with E-state index in [2.05, 4.69) is 4.98 Å². The van der Waals surface area contributed by atoms with Crippen LogP contribution in [0.1, 0.15) is 11.4 Å². The van der Waals surface area contributed by atoms with Gasteiger partial charge in [0.15, 0.2) is 39.6 Å². The summed E-state index contributed by atoms with van der Waals surface area (Å²) in [7, 11) is -5.32. The minimum Gasteiger partial charge on any atom is -0.314 e. The molecule has 0 unspecified atom stereocenters. The number of nitriles is 2. The van der Waals surface area contributed by atoms with Gasteiger partial charge in [0.1, 0.15) is 12.1 Å². The van der Waals surface area contributed by atoms with Crippen molar-refractivity contribution in [2.75, 3.05) is 4.72 Å². The number of imidazole rings is 1. The molecule has 0 aliphatic heterocycles. The lowest BCUT2D eigenvalue weighted by Crippen LogP contribution is -2.20. The summed E-state index contributed by atoms with van der Waals surface area (Å²) in [5, 5.41) is 17.3. The van der Waals surface area contributed by atoms with E-state index in [1.54, 1.807) is 0 Å². The van der Waals surface area contributed by atoms with Crippen LogP contribution in [0.5, 0.6) is 0 Å². The van der Waals surface area contributed by atoms with Crippen molar-refractivity contribution in [3.05, 3.63) is 40.5 Å². The highest BCUT2D eigenvalue weighted by molar-refractivity contribution is 7.92. The molecule has 0 amide bonds. The Morgan fingerprint density at radius 1 is 0.917 bits per heavy atom. The Morgan fingerprint density at radius 2 is 1.42 bits per heavy atom. The van der Waals surface area contributed by atoms with Crippen LogP contribution in [0.2, 0.25) is 0 Å². The fourth-order valence-corrected chi connectivity index (χ4v) is 2.69. The third-order valence-electron chi connectivity index (χ3n) is 2.59. The summed E-state index contributed by atoms with van der Waals surface area (Å²) in [5.41, 5.74) is -1.03. The Balaban J connectivity index is 2.60. The molecule has 2 N–H and O–H groups in total. The predicted molar refractivity (Wildman–Crippen MR) is 65.1 cm³/mol. The first-order valence-electron chi connectivity index (χ1n) is 5.58. The summed E-state index contributed by atoms with van der Waals surface area (Å²) < 4.78 is 91.3. The van der Waals surface area contributed by atoms with Gasteiger partial charge in [-0.25, -0.2) is 35.1 Å². The number of anilines is 1. The van der Waals surface area contributed by atoms with E-state index in [1.165, 1.54) is 16.9 Å². The predicted octanol–water partition coefficient (Wildman–Crippen LogP) is 1.65. The maximum atomic E-state index is 13.5. The van der Waals surface area contributed by atoms with Crippen molar-refractivity contribution in [1.29, 1.82) is 10.5 Å².